The van der Waals surface area contributed by atoms with Crippen LogP contribution in [0.2, 0.25) is 0 Å². The molecule has 0 bridgehead atoms. The minimum absolute atomic E-state index is 0.0909. The molecule has 3 heteroatoms. The molecule has 2 heterocycles. The van der Waals surface area contributed by atoms with Gasteiger partial charge in [-0.15, -0.1) is 0 Å². The third-order valence-electron chi connectivity index (χ3n) is 3.82. The summed E-state index contributed by atoms with van der Waals surface area (Å²) in [7, 11) is 0. The summed E-state index contributed by atoms with van der Waals surface area (Å²) in [6.45, 7) is 0.0909. The molecule has 3 nitrogen and oxygen atoms in total. The Kier molecular flexibility index (Phi) is 3.44. The number of allylic oxidation sites excluding steroid dienone is 3. The summed E-state index contributed by atoms with van der Waals surface area (Å²) in [6.07, 6.45) is 14.2. The van der Waals surface area contributed by atoms with Crippen molar-refractivity contribution in [1.29, 1.82) is 0 Å². The van der Waals surface area contributed by atoms with Crippen LogP contribution in [-0.4, -0.2) is 21.7 Å². The molecule has 0 saturated carbocycles. The molecule has 1 atom stereocenters. The van der Waals surface area contributed by atoms with Crippen molar-refractivity contribution in [3.05, 3.63) is 78.4 Å². The van der Waals surface area contributed by atoms with Crippen LogP contribution in [0.4, 0.5) is 0 Å². The zero-order valence-electron chi connectivity index (χ0n) is 11.1. The predicted molar refractivity (Wildman–Crippen MR) is 79.0 cm³/mol. The lowest BCUT2D eigenvalue weighted by molar-refractivity contribution is 0.225. The van der Waals surface area contributed by atoms with Gasteiger partial charge >= 0.3 is 0 Å². The van der Waals surface area contributed by atoms with Crippen LogP contribution in [0.1, 0.15) is 17.5 Å². The molecular formula is C17H16N2O. The van der Waals surface area contributed by atoms with E-state index in [2.05, 4.69) is 28.2 Å². The SMILES string of the molecule is OCC1(c2ccncc2)C=CC(c2ccncc2)=CC1. The number of aliphatic hydroxyl groups excluding tert-OH is 1. The first-order valence-corrected chi connectivity index (χ1v) is 6.65. The summed E-state index contributed by atoms with van der Waals surface area (Å²) in [5.41, 5.74) is 3.08. The molecule has 1 aliphatic carbocycles. The lowest BCUT2D eigenvalue weighted by Crippen LogP contribution is -2.29. The molecule has 2 aromatic heterocycles. The van der Waals surface area contributed by atoms with Crippen LogP contribution in [0, 0.1) is 0 Å². The smallest absolute Gasteiger partial charge is 0.0565 e. The fourth-order valence-corrected chi connectivity index (χ4v) is 2.54. The summed E-state index contributed by atoms with van der Waals surface area (Å²) in [5.74, 6) is 0. The van der Waals surface area contributed by atoms with Crippen molar-refractivity contribution >= 4 is 5.57 Å². The maximum atomic E-state index is 9.84. The molecule has 0 amide bonds. The van der Waals surface area contributed by atoms with Gasteiger partial charge in [-0.05, 0) is 47.4 Å². The first-order chi connectivity index (χ1) is 9.84. The van der Waals surface area contributed by atoms with E-state index in [0.29, 0.717) is 0 Å². The van der Waals surface area contributed by atoms with Crippen molar-refractivity contribution in [1.82, 2.24) is 9.97 Å². The Morgan fingerprint density at radius 1 is 1.00 bits per heavy atom. The van der Waals surface area contributed by atoms with Crippen LogP contribution in [0.5, 0.6) is 0 Å². The number of pyridine rings is 2. The topological polar surface area (TPSA) is 46.0 Å². The molecule has 20 heavy (non-hydrogen) atoms. The first-order valence-electron chi connectivity index (χ1n) is 6.65. The molecule has 0 spiro atoms. The van der Waals surface area contributed by atoms with Crippen LogP contribution in [0.15, 0.2) is 67.3 Å². The van der Waals surface area contributed by atoms with Gasteiger partial charge in [0.1, 0.15) is 0 Å². The van der Waals surface area contributed by atoms with E-state index in [1.807, 2.05) is 24.3 Å². The van der Waals surface area contributed by atoms with E-state index in [0.717, 1.165) is 17.5 Å². The highest BCUT2D eigenvalue weighted by Gasteiger charge is 2.29. The number of hydrogen-bond acceptors (Lipinski definition) is 3. The first kappa shape index (κ1) is 12.8. The third-order valence-corrected chi connectivity index (χ3v) is 3.82. The zero-order chi connectivity index (χ0) is 13.8. The Morgan fingerprint density at radius 2 is 1.65 bits per heavy atom. The van der Waals surface area contributed by atoms with Gasteiger partial charge in [-0.1, -0.05) is 18.2 Å². The number of aromatic nitrogens is 2. The van der Waals surface area contributed by atoms with Gasteiger partial charge in [0, 0.05) is 30.2 Å². The summed E-state index contributed by atoms with van der Waals surface area (Å²) >= 11 is 0. The predicted octanol–water partition coefficient (Wildman–Crippen LogP) is 2.75. The molecule has 100 valence electrons. The van der Waals surface area contributed by atoms with E-state index in [1.165, 1.54) is 5.57 Å². The number of aliphatic hydroxyl groups is 1. The van der Waals surface area contributed by atoms with Crippen LogP contribution < -0.4 is 0 Å². The Labute approximate surface area is 118 Å². The lowest BCUT2D eigenvalue weighted by Gasteiger charge is -2.31. The maximum Gasteiger partial charge on any atom is 0.0565 e. The lowest BCUT2D eigenvalue weighted by atomic mass is 9.75. The fraction of sp³-hybridized carbons (Fsp3) is 0.176. The van der Waals surface area contributed by atoms with Crippen molar-refractivity contribution in [3.8, 4) is 0 Å². The second kappa shape index (κ2) is 5.39. The standard InChI is InChI=1S/C17H16N2O/c20-13-17(16-5-11-19-12-6-16)7-1-14(2-8-17)15-3-9-18-10-4-15/h1-7,9-12,20H,8,13H2. The van der Waals surface area contributed by atoms with Crippen LogP contribution >= 0.6 is 0 Å². The molecule has 0 aliphatic heterocycles. The van der Waals surface area contributed by atoms with Gasteiger partial charge in [-0.25, -0.2) is 0 Å². The van der Waals surface area contributed by atoms with Crippen LogP contribution in [-0.2, 0) is 5.41 Å². The van der Waals surface area contributed by atoms with Crippen molar-refractivity contribution in [2.45, 2.75) is 11.8 Å². The Balaban J connectivity index is 1.91. The molecule has 0 radical (unpaired) electrons. The summed E-state index contributed by atoms with van der Waals surface area (Å²) in [6, 6.07) is 7.92. The van der Waals surface area contributed by atoms with Gasteiger partial charge in [-0.3, -0.25) is 9.97 Å². The molecule has 0 saturated heterocycles. The largest absolute Gasteiger partial charge is 0.395 e. The van der Waals surface area contributed by atoms with E-state index in [9.17, 15) is 5.11 Å². The second-order valence-corrected chi connectivity index (χ2v) is 4.98. The molecule has 2 aromatic rings. The van der Waals surface area contributed by atoms with Crippen LogP contribution in [0.3, 0.4) is 0 Å². The molecule has 3 rings (SSSR count). The average molecular weight is 264 g/mol. The monoisotopic (exact) mass is 264 g/mol. The quantitative estimate of drug-likeness (QED) is 0.927. The van der Waals surface area contributed by atoms with Gasteiger partial charge in [-0.2, -0.15) is 0 Å². The van der Waals surface area contributed by atoms with Crippen molar-refractivity contribution in [2.75, 3.05) is 6.61 Å². The second-order valence-electron chi connectivity index (χ2n) is 4.98. The number of hydrogen-bond donors (Lipinski definition) is 1. The van der Waals surface area contributed by atoms with E-state index in [4.69, 9.17) is 0 Å². The molecular weight excluding hydrogens is 248 g/mol. The normalized spacial score (nSPS) is 21.6. The molecule has 1 N–H and O–H groups in total. The highest BCUT2D eigenvalue weighted by Crippen LogP contribution is 2.35. The van der Waals surface area contributed by atoms with E-state index in [-0.39, 0.29) is 12.0 Å². The van der Waals surface area contributed by atoms with Crippen LogP contribution in [0.25, 0.3) is 5.57 Å². The minimum atomic E-state index is -0.334. The number of nitrogens with zero attached hydrogens (tertiary/aromatic N) is 2. The average Bonchev–Trinajstić information content (AvgIpc) is 2.56. The van der Waals surface area contributed by atoms with Crippen molar-refractivity contribution < 1.29 is 5.11 Å². The van der Waals surface area contributed by atoms with E-state index >= 15 is 0 Å². The minimum Gasteiger partial charge on any atom is -0.395 e. The molecule has 1 unspecified atom stereocenters. The Bertz CT molecular complexity index is 635. The summed E-state index contributed by atoms with van der Waals surface area (Å²) in [4.78, 5) is 8.07. The van der Waals surface area contributed by atoms with Gasteiger partial charge < -0.3 is 5.11 Å². The van der Waals surface area contributed by atoms with Gasteiger partial charge in [0.25, 0.3) is 0 Å². The maximum absolute atomic E-state index is 9.84. The van der Waals surface area contributed by atoms with Gasteiger partial charge in [0.2, 0.25) is 0 Å². The zero-order valence-corrected chi connectivity index (χ0v) is 11.1. The van der Waals surface area contributed by atoms with Gasteiger partial charge in [0.15, 0.2) is 0 Å². The number of rotatable bonds is 3. The van der Waals surface area contributed by atoms with Crippen molar-refractivity contribution in [2.24, 2.45) is 0 Å². The molecule has 0 aromatic carbocycles. The van der Waals surface area contributed by atoms with Crippen molar-refractivity contribution in [3.63, 3.8) is 0 Å². The van der Waals surface area contributed by atoms with Gasteiger partial charge in [0.05, 0.1) is 6.61 Å². The molecule has 0 fully saturated rings. The fourth-order valence-electron chi connectivity index (χ4n) is 2.54. The summed E-state index contributed by atoms with van der Waals surface area (Å²) in [5, 5.41) is 9.84. The Morgan fingerprint density at radius 3 is 2.20 bits per heavy atom. The highest BCUT2D eigenvalue weighted by atomic mass is 16.3. The third kappa shape index (κ3) is 2.28. The highest BCUT2D eigenvalue weighted by molar-refractivity contribution is 5.75. The van der Waals surface area contributed by atoms with E-state index in [1.54, 1.807) is 24.8 Å². The Hall–Kier alpha value is -2.26. The molecule has 1 aliphatic rings. The van der Waals surface area contributed by atoms with E-state index < -0.39 is 0 Å². The summed E-state index contributed by atoms with van der Waals surface area (Å²) < 4.78 is 0.